The number of hydrogen-bond donors (Lipinski definition) is 2. The standard InChI is InChI=1S/C15H29N3O.2ClH/c1-13(12-18-8-3-2-4-9-18)10-17-15(19)14-6-5-7-16-11-14;;/h13-14,16H,2-12H2,1H3,(H,17,19);2*1H. The summed E-state index contributed by atoms with van der Waals surface area (Å²) < 4.78 is 0. The molecule has 0 aromatic heterocycles. The first kappa shape index (κ1) is 21.0. The first-order valence-corrected chi connectivity index (χ1v) is 7.96. The van der Waals surface area contributed by atoms with E-state index in [0.717, 1.165) is 39.0 Å². The van der Waals surface area contributed by atoms with E-state index in [1.165, 1.54) is 32.4 Å². The van der Waals surface area contributed by atoms with Gasteiger partial charge in [-0.05, 0) is 51.2 Å². The predicted octanol–water partition coefficient (Wildman–Crippen LogP) is 2.07. The van der Waals surface area contributed by atoms with Crippen LogP contribution in [0.5, 0.6) is 0 Å². The lowest BCUT2D eigenvalue weighted by molar-refractivity contribution is -0.125. The summed E-state index contributed by atoms with van der Waals surface area (Å²) in [6, 6.07) is 0. The quantitative estimate of drug-likeness (QED) is 0.805. The number of nitrogens with zero attached hydrogens (tertiary/aromatic N) is 1. The van der Waals surface area contributed by atoms with Gasteiger partial charge in [-0.15, -0.1) is 24.8 Å². The second kappa shape index (κ2) is 11.5. The van der Waals surface area contributed by atoms with Crippen LogP contribution in [0.25, 0.3) is 0 Å². The Morgan fingerprint density at radius 3 is 2.57 bits per heavy atom. The van der Waals surface area contributed by atoms with Crippen LogP contribution in [0.1, 0.15) is 39.0 Å². The number of carbonyl (C=O) groups excluding carboxylic acids is 1. The second-order valence-corrected chi connectivity index (χ2v) is 6.25. The number of halogens is 2. The van der Waals surface area contributed by atoms with Crippen LogP contribution in [0.4, 0.5) is 0 Å². The minimum absolute atomic E-state index is 0. The van der Waals surface area contributed by atoms with Crippen LogP contribution in [-0.2, 0) is 4.79 Å². The van der Waals surface area contributed by atoms with Crippen LogP contribution < -0.4 is 10.6 Å². The van der Waals surface area contributed by atoms with Crippen LogP contribution in [-0.4, -0.2) is 50.1 Å². The van der Waals surface area contributed by atoms with Gasteiger partial charge in [0.1, 0.15) is 0 Å². The molecule has 0 aromatic carbocycles. The maximum Gasteiger partial charge on any atom is 0.224 e. The Morgan fingerprint density at radius 1 is 1.24 bits per heavy atom. The Labute approximate surface area is 141 Å². The summed E-state index contributed by atoms with van der Waals surface area (Å²) in [6.45, 7) is 8.60. The SMILES string of the molecule is CC(CNC(=O)C1CCCNC1)CN1CCCCC1.Cl.Cl. The number of likely N-dealkylation sites (tertiary alicyclic amines) is 1. The Bertz CT molecular complexity index is 280. The van der Waals surface area contributed by atoms with E-state index in [9.17, 15) is 4.79 Å². The molecule has 4 nitrogen and oxygen atoms in total. The van der Waals surface area contributed by atoms with Crippen molar-refractivity contribution < 1.29 is 4.79 Å². The summed E-state index contributed by atoms with van der Waals surface area (Å²) in [5, 5.41) is 6.44. The van der Waals surface area contributed by atoms with Crippen LogP contribution >= 0.6 is 24.8 Å². The normalized spacial score (nSPS) is 24.3. The van der Waals surface area contributed by atoms with E-state index in [2.05, 4.69) is 22.5 Å². The molecule has 2 heterocycles. The van der Waals surface area contributed by atoms with Gasteiger partial charge in [0.05, 0.1) is 5.92 Å². The van der Waals surface area contributed by atoms with Gasteiger partial charge < -0.3 is 15.5 Å². The maximum absolute atomic E-state index is 12.0. The number of carbonyl (C=O) groups is 1. The third kappa shape index (κ3) is 7.68. The van der Waals surface area contributed by atoms with Gasteiger partial charge >= 0.3 is 0 Å². The molecule has 2 aliphatic rings. The molecule has 0 bridgehead atoms. The van der Waals surface area contributed by atoms with E-state index in [0.29, 0.717) is 5.92 Å². The minimum atomic E-state index is 0. The van der Waals surface area contributed by atoms with Crippen molar-refractivity contribution in [3.05, 3.63) is 0 Å². The minimum Gasteiger partial charge on any atom is -0.356 e. The fraction of sp³-hybridized carbons (Fsp3) is 0.933. The molecule has 2 unspecified atom stereocenters. The molecule has 0 aliphatic carbocycles. The molecule has 1 amide bonds. The van der Waals surface area contributed by atoms with Gasteiger partial charge in [0, 0.05) is 19.6 Å². The van der Waals surface area contributed by atoms with Crippen molar-refractivity contribution in [2.24, 2.45) is 11.8 Å². The highest BCUT2D eigenvalue weighted by Crippen LogP contribution is 2.12. The third-order valence-electron chi connectivity index (χ3n) is 4.31. The average Bonchev–Trinajstić information content (AvgIpc) is 2.47. The molecule has 0 aromatic rings. The lowest BCUT2D eigenvalue weighted by atomic mass is 9.98. The molecule has 2 aliphatic heterocycles. The van der Waals surface area contributed by atoms with Crippen LogP contribution in [0.15, 0.2) is 0 Å². The highest BCUT2D eigenvalue weighted by atomic mass is 35.5. The number of amides is 1. The molecule has 2 rings (SSSR count). The summed E-state index contributed by atoms with van der Waals surface area (Å²) in [5.74, 6) is 0.993. The summed E-state index contributed by atoms with van der Waals surface area (Å²) in [4.78, 5) is 14.6. The number of nitrogens with one attached hydrogen (secondary N) is 2. The molecule has 6 heteroatoms. The van der Waals surface area contributed by atoms with E-state index >= 15 is 0 Å². The van der Waals surface area contributed by atoms with Crippen molar-refractivity contribution in [2.45, 2.75) is 39.0 Å². The number of piperidine rings is 2. The van der Waals surface area contributed by atoms with Gasteiger partial charge in [-0.3, -0.25) is 4.79 Å². The molecule has 2 atom stereocenters. The fourth-order valence-electron chi connectivity index (χ4n) is 3.14. The van der Waals surface area contributed by atoms with Gasteiger partial charge in [-0.2, -0.15) is 0 Å². The van der Waals surface area contributed by atoms with E-state index < -0.39 is 0 Å². The van der Waals surface area contributed by atoms with Crippen molar-refractivity contribution in [1.82, 2.24) is 15.5 Å². The lowest BCUT2D eigenvalue weighted by Crippen LogP contribution is -2.43. The van der Waals surface area contributed by atoms with Gasteiger partial charge in [0.2, 0.25) is 5.91 Å². The summed E-state index contributed by atoms with van der Waals surface area (Å²) >= 11 is 0. The van der Waals surface area contributed by atoms with Crippen LogP contribution in [0, 0.1) is 11.8 Å². The van der Waals surface area contributed by atoms with E-state index in [1.54, 1.807) is 0 Å². The monoisotopic (exact) mass is 339 g/mol. The molecule has 0 radical (unpaired) electrons. The zero-order chi connectivity index (χ0) is 13.5. The van der Waals surface area contributed by atoms with Crippen molar-refractivity contribution in [3.8, 4) is 0 Å². The first-order valence-electron chi connectivity index (χ1n) is 7.96. The van der Waals surface area contributed by atoms with Gasteiger partial charge in [-0.1, -0.05) is 13.3 Å². The van der Waals surface area contributed by atoms with Gasteiger partial charge in [0.15, 0.2) is 0 Å². The predicted molar refractivity (Wildman–Crippen MR) is 92.6 cm³/mol. The van der Waals surface area contributed by atoms with Crippen LogP contribution in [0.2, 0.25) is 0 Å². The molecular weight excluding hydrogens is 309 g/mol. The molecule has 0 saturated carbocycles. The number of hydrogen-bond acceptors (Lipinski definition) is 3. The van der Waals surface area contributed by atoms with Crippen LogP contribution in [0.3, 0.4) is 0 Å². The average molecular weight is 340 g/mol. The molecular formula is C15H31Cl2N3O. The van der Waals surface area contributed by atoms with E-state index in [-0.39, 0.29) is 36.6 Å². The zero-order valence-electron chi connectivity index (χ0n) is 13.1. The first-order chi connectivity index (χ1) is 9.25. The summed E-state index contributed by atoms with van der Waals surface area (Å²) in [6.07, 6.45) is 6.23. The molecule has 21 heavy (non-hydrogen) atoms. The maximum atomic E-state index is 12.0. The van der Waals surface area contributed by atoms with E-state index in [4.69, 9.17) is 0 Å². The molecule has 2 fully saturated rings. The highest BCUT2D eigenvalue weighted by Gasteiger charge is 2.21. The Hall–Kier alpha value is -0.0300. The zero-order valence-corrected chi connectivity index (χ0v) is 14.7. The second-order valence-electron chi connectivity index (χ2n) is 6.25. The Balaban J connectivity index is 0.00000200. The molecule has 126 valence electrons. The van der Waals surface area contributed by atoms with Gasteiger partial charge in [-0.25, -0.2) is 0 Å². The lowest BCUT2D eigenvalue weighted by Gasteiger charge is -2.29. The Kier molecular flexibility index (Phi) is 11.5. The highest BCUT2D eigenvalue weighted by molar-refractivity contribution is 5.85. The molecule has 2 N–H and O–H groups in total. The molecule has 2 saturated heterocycles. The molecule has 0 spiro atoms. The third-order valence-corrected chi connectivity index (χ3v) is 4.31. The topological polar surface area (TPSA) is 44.4 Å². The number of rotatable bonds is 5. The van der Waals surface area contributed by atoms with Crippen molar-refractivity contribution >= 4 is 30.7 Å². The fourth-order valence-corrected chi connectivity index (χ4v) is 3.14. The van der Waals surface area contributed by atoms with Crippen molar-refractivity contribution in [3.63, 3.8) is 0 Å². The van der Waals surface area contributed by atoms with E-state index in [1.807, 2.05) is 0 Å². The summed E-state index contributed by atoms with van der Waals surface area (Å²) in [5.41, 5.74) is 0. The Morgan fingerprint density at radius 2 is 1.95 bits per heavy atom. The van der Waals surface area contributed by atoms with Crippen molar-refractivity contribution in [2.75, 3.05) is 39.3 Å². The smallest absolute Gasteiger partial charge is 0.224 e. The summed E-state index contributed by atoms with van der Waals surface area (Å²) in [7, 11) is 0. The van der Waals surface area contributed by atoms with Gasteiger partial charge in [0.25, 0.3) is 0 Å². The largest absolute Gasteiger partial charge is 0.356 e. The van der Waals surface area contributed by atoms with Crippen molar-refractivity contribution in [1.29, 1.82) is 0 Å².